The molecule has 3 heterocycles. The van der Waals surface area contributed by atoms with Crippen molar-refractivity contribution in [2.45, 2.75) is 25.7 Å². The summed E-state index contributed by atoms with van der Waals surface area (Å²) < 4.78 is 35.6. The Kier molecular flexibility index (Phi) is 3.69. The van der Waals surface area contributed by atoms with E-state index in [1.165, 1.54) is 8.96 Å². The van der Waals surface area contributed by atoms with Crippen LogP contribution < -0.4 is 0 Å². The molecule has 0 fully saturated rings. The minimum absolute atomic E-state index is 0.357. The minimum Gasteiger partial charge on any atom is -0.389 e. The lowest BCUT2D eigenvalue weighted by atomic mass is 9.84. The molecular formula is C25H17BCl2F2N2. The number of benzene rings is 2. The standard InChI is InChI=1S/C25H17BCl2F2N2/c27-22-18-11-9-14-5-1-3-7-16(14)24(18)31-20(22)13-21-23(28)19-12-10-15-6-2-4-8-17(15)25(19)32(21)26(31,29)30/h1-8,13H,9-12H2. The molecule has 0 radical (unpaired) electrons. The van der Waals surface area contributed by atoms with E-state index in [4.69, 9.17) is 23.2 Å². The molecule has 2 nitrogen and oxygen atoms in total. The number of rotatable bonds is 0. The van der Waals surface area contributed by atoms with Gasteiger partial charge in [0.2, 0.25) is 0 Å². The number of halogens is 4. The van der Waals surface area contributed by atoms with Gasteiger partial charge in [0, 0.05) is 28.6 Å². The van der Waals surface area contributed by atoms with Crippen molar-refractivity contribution >= 4 is 42.0 Å². The molecule has 158 valence electrons. The Hall–Kier alpha value is -2.63. The van der Waals surface area contributed by atoms with Gasteiger partial charge in [-0.05, 0) is 54.0 Å². The average Bonchev–Trinajstić information content (AvgIpc) is 3.27. The van der Waals surface area contributed by atoms with Crippen molar-refractivity contribution in [3.63, 3.8) is 0 Å². The molecule has 7 heteroatoms. The molecule has 2 aromatic carbocycles. The van der Waals surface area contributed by atoms with Gasteiger partial charge >= 0.3 is 6.97 Å². The van der Waals surface area contributed by atoms with E-state index in [-0.39, 0.29) is 0 Å². The number of hydrogen-bond donors (Lipinski definition) is 0. The number of hydrogen-bond acceptors (Lipinski definition) is 0. The Balaban J connectivity index is 1.59. The van der Waals surface area contributed by atoms with Crippen LogP contribution in [0.15, 0.2) is 64.8 Å². The summed E-state index contributed by atoms with van der Waals surface area (Å²) >= 11 is 13.5. The lowest BCUT2D eigenvalue weighted by Crippen LogP contribution is -2.51. The summed E-state index contributed by atoms with van der Waals surface area (Å²) in [6, 6.07) is 15.6. The second-order valence-electron chi connectivity index (χ2n) is 8.84. The van der Waals surface area contributed by atoms with Gasteiger partial charge in [-0.25, -0.2) is 0 Å². The van der Waals surface area contributed by atoms with Crippen molar-refractivity contribution < 1.29 is 13.1 Å². The Morgan fingerprint density at radius 1 is 0.844 bits per heavy atom. The first-order valence-electron chi connectivity index (χ1n) is 10.9. The van der Waals surface area contributed by atoms with Gasteiger partial charge in [0.25, 0.3) is 0 Å². The third-order valence-corrected chi connectivity index (χ3v) is 8.12. The summed E-state index contributed by atoms with van der Waals surface area (Å²) in [5.74, 6) is 0. The normalized spacial score (nSPS) is 19.6. The SMILES string of the molecule is F[B-]1(F)n2c(c(Cl)c3c2-c2ccccc2CC3)C=C2C(Cl)=C3CCc4ccccc4C3=[N+]21. The van der Waals surface area contributed by atoms with Crippen molar-refractivity contribution in [2.75, 3.05) is 0 Å². The second kappa shape index (κ2) is 6.24. The van der Waals surface area contributed by atoms with Gasteiger partial charge in [-0.2, -0.15) is 0 Å². The molecule has 2 aliphatic carbocycles. The highest BCUT2D eigenvalue weighted by Gasteiger charge is 2.57. The van der Waals surface area contributed by atoms with Crippen LogP contribution in [0.3, 0.4) is 0 Å². The number of aromatic nitrogens is 1. The molecular weight excluding hydrogens is 448 g/mol. The molecule has 0 saturated heterocycles. The maximum atomic E-state index is 16.6. The van der Waals surface area contributed by atoms with Crippen LogP contribution in [0.5, 0.6) is 0 Å². The van der Waals surface area contributed by atoms with Gasteiger partial charge in [0.1, 0.15) is 5.03 Å². The van der Waals surface area contributed by atoms with E-state index in [9.17, 15) is 0 Å². The quantitative estimate of drug-likeness (QED) is 0.338. The molecule has 7 rings (SSSR count). The fraction of sp³-hybridized carbons (Fsp3) is 0.160. The van der Waals surface area contributed by atoms with E-state index in [0.717, 1.165) is 46.2 Å². The first-order valence-corrected chi connectivity index (χ1v) is 11.6. The molecule has 0 amide bonds. The van der Waals surface area contributed by atoms with E-state index in [0.29, 0.717) is 45.7 Å². The predicted octanol–water partition coefficient (Wildman–Crippen LogP) is 6.44. The minimum atomic E-state index is -4.21. The third-order valence-electron chi connectivity index (χ3n) is 7.28. The molecule has 2 aliphatic heterocycles. The summed E-state index contributed by atoms with van der Waals surface area (Å²) in [7, 11) is 0. The Labute approximate surface area is 194 Å². The highest BCUT2D eigenvalue weighted by atomic mass is 35.5. The fourth-order valence-corrected chi connectivity index (χ4v) is 6.57. The van der Waals surface area contributed by atoms with Crippen LogP contribution >= 0.6 is 23.2 Å². The summed E-state index contributed by atoms with van der Waals surface area (Å²) in [4.78, 5) is 0. The van der Waals surface area contributed by atoms with Crippen molar-refractivity contribution in [2.24, 2.45) is 0 Å². The Morgan fingerprint density at radius 2 is 1.50 bits per heavy atom. The van der Waals surface area contributed by atoms with Crippen LogP contribution in [0, 0.1) is 0 Å². The average molecular weight is 465 g/mol. The lowest BCUT2D eigenvalue weighted by Gasteiger charge is -2.32. The van der Waals surface area contributed by atoms with Crippen LogP contribution in [0.1, 0.15) is 34.4 Å². The van der Waals surface area contributed by atoms with Crippen LogP contribution in [-0.2, 0) is 19.3 Å². The van der Waals surface area contributed by atoms with Gasteiger partial charge in [-0.1, -0.05) is 65.7 Å². The molecule has 32 heavy (non-hydrogen) atoms. The molecule has 1 aromatic heterocycles. The van der Waals surface area contributed by atoms with Crippen molar-refractivity contribution in [3.8, 4) is 11.3 Å². The first kappa shape index (κ1) is 18.9. The van der Waals surface area contributed by atoms with Gasteiger partial charge in [-0.3, -0.25) is 0 Å². The summed E-state index contributed by atoms with van der Waals surface area (Å²) in [5.41, 5.74) is 7.23. The molecule has 0 unspecified atom stereocenters. The van der Waals surface area contributed by atoms with E-state index in [1.54, 1.807) is 6.08 Å². The maximum absolute atomic E-state index is 16.6. The largest absolute Gasteiger partial charge is 0.738 e. The first-order chi connectivity index (χ1) is 15.5. The predicted molar refractivity (Wildman–Crippen MR) is 126 cm³/mol. The van der Waals surface area contributed by atoms with Crippen molar-refractivity contribution in [1.82, 2.24) is 4.48 Å². The van der Waals surface area contributed by atoms with E-state index < -0.39 is 6.97 Å². The Morgan fingerprint density at radius 3 is 2.28 bits per heavy atom. The lowest BCUT2D eigenvalue weighted by molar-refractivity contribution is -0.361. The van der Waals surface area contributed by atoms with Crippen LogP contribution in [0.4, 0.5) is 8.63 Å². The molecule has 0 saturated carbocycles. The van der Waals surface area contributed by atoms with Gasteiger partial charge in [-0.15, -0.1) is 0 Å². The van der Waals surface area contributed by atoms with E-state index in [2.05, 4.69) is 0 Å². The number of nitrogens with zero attached hydrogens (tertiary/aromatic N) is 2. The molecule has 0 bridgehead atoms. The highest BCUT2D eigenvalue weighted by Crippen LogP contribution is 2.49. The number of fused-ring (bicyclic) bond motifs is 9. The molecule has 3 aromatic rings. The van der Waals surface area contributed by atoms with E-state index in [1.807, 2.05) is 48.5 Å². The number of aryl methyl sites for hydroxylation is 2. The monoisotopic (exact) mass is 464 g/mol. The van der Waals surface area contributed by atoms with Crippen LogP contribution in [-0.4, -0.2) is 21.6 Å². The van der Waals surface area contributed by atoms with Gasteiger partial charge < -0.3 is 17.6 Å². The van der Waals surface area contributed by atoms with Crippen LogP contribution in [0.25, 0.3) is 17.3 Å². The van der Waals surface area contributed by atoms with Crippen molar-refractivity contribution in [1.29, 1.82) is 0 Å². The molecule has 0 spiro atoms. The summed E-state index contributed by atoms with van der Waals surface area (Å²) in [5, 5.41) is 0.830. The zero-order chi connectivity index (χ0) is 21.8. The van der Waals surface area contributed by atoms with Crippen LogP contribution in [0.2, 0.25) is 5.02 Å². The zero-order valence-corrected chi connectivity index (χ0v) is 18.5. The smallest absolute Gasteiger partial charge is 0.389 e. The topological polar surface area (TPSA) is 7.94 Å². The van der Waals surface area contributed by atoms with Gasteiger partial charge in [0.15, 0.2) is 11.4 Å². The Bertz CT molecular complexity index is 1480. The molecule has 4 aliphatic rings. The molecule has 0 N–H and O–H groups in total. The third kappa shape index (κ3) is 2.18. The second-order valence-corrected chi connectivity index (χ2v) is 9.60. The summed E-state index contributed by atoms with van der Waals surface area (Å²) in [6.45, 7) is -4.21. The maximum Gasteiger partial charge on any atom is 0.738 e. The number of allylic oxidation sites excluding steroid dienone is 2. The van der Waals surface area contributed by atoms with Crippen molar-refractivity contribution in [3.05, 3.63) is 97.8 Å². The zero-order valence-electron chi connectivity index (χ0n) is 17.0. The van der Waals surface area contributed by atoms with Gasteiger partial charge in [0.05, 0.1) is 5.02 Å². The summed E-state index contributed by atoms with van der Waals surface area (Å²) in [6.07, 6.45) is 4.64. The highest BCUT2D eigenvalue weighted by molar-refractivity contribution is 6.60. The molecule has 0 atom stereocenters. The van der Waals surface area contributed by atoms with E-state index >= 15 is 8.63 Å². The fourth-order valence-electron chi connectivity index (χ4n) is 5.92.